The van der Waals surface area contributed by atoms with E-state index in [1.165, 1.54) is 6.07 Å². The van der Waals surface area contributed by atoms with Crippen LogP contribution in [-0.4, -0.2) is 36.0 Å². The molecule has 0 atom stereocenters. The van der Waals surface area contributed by atoms with Crippen molar-refractivity contribution < 1.29 is 23.9 Å². The SMILES string of the molecule is CCOC(=O)c1cc(B2OC(C)(C)C(C)(C)O2)ccc1O. The van der Waals surface area contributed by atoms with Gasteiger partial charge in [0.1, 0.15) is 11.3 Å². The van der Waals surface area contributed by atoms with E-state index in [1.54, 1.807) is 19.1 Å². The molecule has 21 heavy (non-hydrogen) atoms. The number of aromatic hydroxyl groups is 1. The van der Waals surface area contributed by atoms with Crippen molar-refractivity contribution in [2.45, 2.75) is 45.8 Å². The summed E-state index contributed by atoms with van der Waals surface area (Å²) < 4.78 is 16.8. The topological polar surface area (TPSA) is 65.0 Å². The van der Waals surface area contributed by atoms with Crippen molar-refractivity contribution in [1.82, 2.24) is 0 Å². The Balaban J connectivity index is 2.31. The van der Waals surface area contributed by atoms with E-state index in [-0.39, 0.29) is 17.9 Å². The molecule has 1 aromatic carbocycles. The minimum absolute atomic E-state index is 0.115. The lowest BCUT2D eigenvalue weighted by Crippen LogP contribution is -2.41. The molecule has 0 unspecified atom stereocenters. The summed E-state index contributed by atoms with van der Waals surface area (Å²) in [6, 6.07) is 4.68. The van der Waals surface area contributed by atoms with Crippen LogP contribution in [0.3, 0.4) is 0 Å². The van der Waals surface area contributed by atoms with Crippen molar-refractivity contribution in [2.24, 2.45) is 0 Å². The van der Waals surface area contributed by atoms with Crippen LogP contribution >= 0.6 is 0 Å². The van der Waals surface area contributed by atoms with Gasteiger partial charge in [-0.3, -0.25) is 0 Å². The molecule has 0 spiro atoms. The van der Waals surface area contributed by atoms with Crippen molar-refractivity contribution in [3.8, 4) is 5.75 Å². The van der Waals surface area contributed by atoms with Crippen molar-refractivity contribution in [3.05, 3.63) is 23.8 Å². The molecule has 0 bridgehead atoms. The van der Waals surface area contributed by atoms with Gasteiger partial charge in [0.25, 0.3) is 0 Å². The largest absolute Gasteiger partial charge is 0.507 e. The van der Waals surface area contributed by atoms with Crippen LogP contribution in [-0.2, 0) is 14.0 Å². The minimum Gasteiger partial charge on any atom is -0.507 e. The van der Waals surface area contributed by atoms with E-state index >= 15 is 0 Å². The molecule has 0 aliphatic carbocycles. The number of carbonyl (C=O) groups is 1. The van der Waals surface area contributed by atoms with Crippen LogP contribution in [0, 0.1) is 0 Å². The van der Waals surface area contributed by atoms with Crippen LogP contribution in [0.25, 0.3) is 0 Å². The summed E-state index contributed by atoms with van der Waals surface area (Å²) in [6.07, 6.45) is 0. The van der Waals surface area contributed by atoms with E-state index in [2.05, 4.69) is 0 Å². The highest BCUT2D eigenvalue weighted by atomic mass is 16.7. The lowest BCUT2D eigenvalue weighted by molar-refractivity contribution is 0.00578. The Kier molecular flexibility index (Phi) is 4.04. The highest BCUT2D eigenvalue weighted by Crippen LogP contribution is 2.36. The van der Waals surface area contributed by atoms with Crippen LogP contribution in [0.4, 0.5) is 0 Å². The molecule has 1 aromatic rings. The number of hydrogen-bond acceptors (Lipinski definition) is 5. The second kappa shape index (κ2) is 5.35. The quantitative estimate of drug-likeness (QED) is 0.680. The molecule has 0 radical (unpaired) electrons. The van der Waals surface area contributed by atoms with Crippen LogP contribution < -0.4 is 5.46 Å². The van der Waals surface area contributed by atoms with E-state index in [0.29, 0.717) is 5.46 Å². The van der Waals surface area contributed by atoms with Gasteiger partial charge in [0.2, 0.25) is 0 Å². The predicted molar refractivity (Wildman–Crippen MR) is 79.8 cm³/mol. The van der Waals surface area contributed by atoms with Gasteiger partial charge in [0.15, 0.2) is 0 Å². The number of ether oxygens (including phenoxy) is 1. The van der Waals surface area contributed by atoms with E-state index in [1.807, 2.05) is 27.7 Å². The second-order valence-electron chi connectivity index (χ2n) is 6.09. The fourth-order valence-electron chi connectivity index (χ4n) is 2.05. The first-order chi connectivity index (χ1) is 9.68. The number of benzene rings is 1. The average molecular weight is 292 g/mol. The van der Waals surface area contributed by atoms with Gasteiger partial charge in [-0.25, -0.2) is 4.79 Å². The first-order valence-electron chi connectivity index (χ1n) is 7.03. The summed E-state index contributed by atoms with van der Waals surface area (Å²) in [7, 11) is -0.580. The third-order valence-electron chi connectivity index (χ3n) is 4.04. The molecule has 1 N–H and O–H groups in total. The Morgan fingerprint density at radius 1 is 1.24 bits per heavy atom. The van der Waals surface area contributed by atoms with E-state index < -0.39 is 24.3 Å². The Morgan fingerprint density at radius 2 is 1.81 bits per heavy atom. The number of hydrogen-bond donors (Lipinski definition) is 1. The molecular formula is C15H21BO5. The zero-order valence-corrected chi connectivity index (χ0v) is 13.1. The first kappa shape index (κ1) is 15.9. The zero-order chi connectivity index (χ0) is 15.8. The molecule has 1 aliphatic heterocycles. The summed E-state index contributed by atoms with van der Waals surface area (Å²) in [6.45, 7) is 9.80. The molecule has 1 fully saturated rings. The maximum Gasteiger partial charge on any atom is 0.494 e. The molecule has 1 aliphatic rings. The number of phenolic OH excluding ortho intramolecular Hbond substituents is 1. The lowest BCUT2D eigenvalue weighted by atomic mass is 9.78. The highest BCUT2D eigenvalue weighted by Gasteiger charge is 2.51. The van der Waals surface area contributed by atoms with E-state index in [9.17, 15) is 9.90 Å². The Bertz CT molecular complexity index is 537. The fraction of sp³-hybridized carbons (Fsp3) is 0.533. The summed E-state index contributed by atoms with van der Waals surface area (Å²) in [4.78, 5) is 11.8. The summed E-state index contributed by atoms with van der Waals surface area (Å²) in [5.74, 6) is -0.679. The molecule has 114 valence electrons. The Morgan fingerprint density at radius 3 is 2.33 bits per heavy atom. The van der Waals surface area contributed by atoms with Gasteiger partial charge in [-0.05, 0) is 52.2 Å². The molecule has 0 saturated carbocycles. The number of esters is 1. The summed E-state index contributed by atoms with van der Waals surface area (Å²) in [5.41, 5.74) is -0.127. The van der Waals surface area contributed by atoms with Gasteiger partial charge in [-0.2, -0.15) is 0 Å². The standard InChI is InChI=1S/C15H21BO5/c1-6-19-13(18)11-9-10(7-8-12(11)17)16-20-14(2,3)15(4,5)21-16/h7-9,17H,6H2,1-5H3. The lowest BCUT2D eigenvalue weighted by Gasteiger charge is -2.32. The average Bonchev–Trinajstić information content (AvgIpc) is 2.59. The number of phenols is 1. The normalized spacial score (nSPS) is 19.6. The molecule has 6 heteroatoms. The molecule has 2 rings (SSSR count). The van der Waals surface area contributed by atoms with Gasteiger partial charge in [0.05, 0.1) is 17.8 Å². The number of rotatable bonds is 3. The minimum atomic E-state index is -0.580. The van der Waals surface area contributed by atoms with Gasteiger partial charge in [-0.1, -0.05) is 6.07 Å². The summed E-state index contributed by atoms with van der Waals surface area (Å²) in [5, 5.41) is 9.80. The molecule has 1 heterocycles. The zero-order valence-electron chi connectivity index (χ0n) is 13.1. The Labute approximate surface area is 125 Å². The van der Waals surface area contributed by atoms with Crippen molar-refractivity contribution in [2.75, 3.05) is 6.61 Å². The predicted octanol–water partition coefficient (Wildman–Crippen LogP) is 1.87. The second-order valence-corrected chi connectivity index (χ2v) is 6.09. The van der Waals surface area contributed by atoms with Crippen LogP contribution in [0.5, 0.6) is 5.75 Å². The van der Waals surface area contributed by atoms with Gasteiger partial charge in [-0.15, -0.1) is 0 Å². The van der Waals surface area contributed by atoms with Crippen LogP contribution in [0.15, 0.2) is 18.2 Å². The van der Waals surface area contributed by atoms with Crippen LogP contribution in [0.1, 0.15) is 45.0 Å². The van der Waals surface area contributed by atoms with E-state index in [4.69, 9.17) is 14.0 Å². The first-order valence-corrected chi connectivity index (χ1v) is 7.03. The monoisotopic (exact) mass is 292 g/mol. The number of carbonyl (C=O) groups excluding carboxylic acids is 1. The maximum absolute atomic E-state index is 11.8. The fourth-order valence-corrected chi connectivity index (χ4v) is 2.05. The third kappa shape index (κ3) is 2.92. The Hall–Kier alpha value is -1.53. The maximum atomic E-state index is 11.8. The highest BCUT2D eigenvalue weighted by molar-refractivity contribution is 6.62. The van der Waals surface area contributed by atoms with Crippen LogP contribution in [0.2, 0.25) is 0 Å². The summed E-state index contributed by atoms with van der Waals surface area (Å²) >= 11 is 0. The smallest absolute Gasteiger partial charge is 0.494 e. The van der Waals surface area contributed by atoms with Crippen molar-refractivity contribution in [1.29, 1.82) is 0 Å². The van der Waals surface area contributed by atoms with Gasteiger partial charge >= 0.3 is 13.1 Å². The molecule has 0 aromatic heterocycles. The molecular weight excluding hydrogens is 271 g/mol. The van der Waals surface area contributed by atoms with E-state index in [0.717, 1.165) is 0 Å². The van der Waals surface area contributed by atoms with Crippen molar-refractivity contribution in [3.63, 3.8) is 0 Å². The molecule has 0 amide bonds. The van der Waals surface area contributed by atoms with Gasteiger partial charge < -0.3 is 19.2 Å². The van der Waals surface area contributed by atoms with Gasteiger partial charge in [0, 0.05) is 0 Å². The molecule has 5 nitrogen and oxygen atoms in total. The molecule has 1 saturated heterocycles. The van der Waals surface area contributed by atoms with Crippen molar-refractivity contribution >= 4 is 18.6 Å². The third-order valence-corrected chi connectivity index (χ3v) is 4.04.